The monoisotopic (exact) mass is 604 g/mol. The molecular formula is C30H36ClF3N6O2. The van der Waals surface area contributed by atoms with E-state index in [4.69, 9.17) is 11.6 Å². The number of hydrogen-bond acceptors (Lipinski definition) is 6. The van der Waals surface area contributed by atoms with Crippen molar-refractivity contribution in [2.75, 3.05) is 13.1 Å². The van der Waals surface area contributed by atoms with Gasteiger partial charge < -0.3 is 24.7 Å². The van der Waals surface area contributed by atoms with Gasteiger partial charge in [0.15, 0.2) is 0 Å². The molecule has 2 fully saturated rings. The Labute approximate surface area is 246 Å². The molecule has 8 nitrogen and oxygen atoms in total. The van der Waals surface area contributed by atoms with Crippen molar-refractivity contribution >= 4 is 33.7 Å². The van der Waals surface area contributed by atoms with Gasteiger partial charge in [-0.25, -0.2) is 15.0 Å². The van der Waals surface area contributed by atoms with E-state index in [2.05, 4.69) is 38.7 Å². The van der Waals surface area contributed by atoms with Crippen molar-refractivity contribution < 1.29 is 23.4 Å². The minimum Gasteiger partial charge on any atom is -0.390 e. The molecule has 3 N–H and O–H groups in total. The van der Waals surface area contributed by atoms with Gasteiger partial charge in [0, 0.05) is 43.1 Å². The van der Waals surface area contributed by atoms with Gasteiger partial charge in [0.1, 0.15) is 23.9 Å². The van der Waals surface area contributed by atoms with E-state index in [1.54, 1.807) is 0 Å². The molecule has 2 aliphatic carbocycles. The van der Waals surface area contributed by atoms with Crippen LogP contribution in [0.25, 0.3) is 22.1 Å². The van der Waals surface area contributed by atoms with E-state index in [1.165, 1.54) is 12.4 Å². The van der Waals surface area contributed by atoms with Crippen LogP contribution in [0.2, 0.25) is 5.02 Å². The summed E-state index contributed by atoms with van der Waals surface area (Å²) in [5.41, 5.74) is 1.58. The predicted octanol–water partition coefficient (Wildman–Crippen LogP) is 5.55. The Bertz CT molecular complexity index is 1580. The van der Waals surface area contributed by atoms with Crippen LogP contribution in [0.5, 0.6) is 0 Å². The van der Waals surface area contributed by atoms with Crippen molar-refractivity contribution in [3.05, 3.63) is 52.8 Å². The Hall–Kier alpha value is -2.73. The van der Waals surface area contributed by atoms with E-state index in [-0.39, 0.29) is 23.0 Å². The molecule has 2 aliphatic rings. The number of rotatable bonds is 8. The highest BCUT2D eigenvalue weighted by molar-refractivity contribution is 6.32. The number of fused-ring (bicyclic) bond motifs is 2. The lowest BCUT2D eigenvalue weighted by molar-refractivity contribution is -0.137. The van der Waals surface area contributed by atoms with Crippen LogP contribution in [0.3, 0.4) is 0 Å². The molecule has 12 heteroatoms. The highest BCUT2D eigenvalue weighted by atomic mass is 35.5. The minimum atomic E-state index is -4.52. The minimum absolute atomic E-state index is 0.0763. The highest BCUT2D eigenvalue weighted by Crippen LogP contribution is 2.41. The van der Waals surface area contributed by atoms with Crippen molar-refractivity contribution in [2.45, 2.75) is 76.9 Å². The van der Waals surface area contributed by atoms with Gasteiger partial charge in [-0.1, -0.05) is 11.6 Å². The van der Waals surface area contributed by atoms with E-state index >= 15 is 0 Å². The summed E-state index contributed by atoms with van der Waals surface area (Å²) in [4.78, 5) is 18.6. The van der Waals surface area contributed by atoms with Gasteiger partial charge in [0.2, 0.25) is 0 Å². The number of aliphatic hydroxyl groups excluding tert-OH is 2. The number of H-pyrrole nitrogens is 1. The summed E-state index contributed by atoms with van der Waals surface area (Å²) < 4.78 is 41.7. The van der Waals surface area contributed by atoms with Gasteiger partial charge in [-0.05, 0) is 70.1 Å². The van der Waals surface area contributed by atoms with E-state index in [9.17, 15) is 23.4 Å². The fraction of sp³-hybridized carbons (Fsp3) is 0.567. The van der Waals surface area contributed by atoms with Crippen LogP contribution in [-0.4, -0.2) is 71.0 Å². The molecule has 6 rings (SSSR count). The maximum absolute atomic E-state index is 13.2. The normalized spacial score (nSPS) is 26.6. The topological polar surface area (TPSA) is 103 Å². The second-order valence-corrected chi connectivity index (χ2v) is 12.9. The molecule has 1 aromatic carbocycles. The molecule has 0 amide bonds. The summed E-state index contributed by atoms with van der Waals surface area (Å²) in [6.45, 7) is 7.81. The Morgan fingerprint density at radius 3 is 2.57 bits per heavy atom. The number of alkyl halides is 3. The zero-order valence-electron chi connectivity index (χ0n) is 23.8. The SMILES string of the molecule is Cc1ncnc2c1ccn2[C@@H]1C[C@H](CN(CC2CC(Cc3nc4cc(Cl)c(C(F)(F)F)cc4[nH]3)C2)C(C)C)[C@@H](O)[C@H]1O. The molecule has 0 unspecified atom stereocenters. The first-order valence-corrected chi connectivity index (χ1v) is 14.9. The number of aromatic amines is 1. The zero-order valence-corrected chi connectivity index (χ0v) is 24.6. The van der Waals surface area contributed by atoms with Crippen molar-refractivity contribution in [3.63, 3.8) is 0 Å². The number of hydrogen-bond donors (Lipinski definition) is 3. The van der Waals surface area contributed by atoms with Crippen molar-refractivity contribution in [2.24, 2.45) is 17.8 Å². The number of nitrogens with one attached hydrogen (secondary N) is 1. The number of aromatic nitrogens is 5. The summed E-state index contributed by atoms with van der Waals surface area (Å²) in [5.74, 6) is 1.49. The van der Waals surface area contributed by atoms with Crippen LogP contribution in [0, 0.1) is 24.7 Å². The molecule has 0 aliphatic heterocycles. The molecule has 0 radical (unpaired) electrons. The zero-order chi connectivity index (χ0) is 29.9. The molecule has 4 aromatic rings. The van der Waals surface area contributed by atoms with E-state index in [0.717, 1.165) is 42.2 Å². The molecule has 2 saturated carbocycles. The first kappa shape index (κ1) is 29.3. The highest BCUT2D eigenvalue weighted by Gasteiger charge is 2.44. The first-order valence-electron chi connectivity index (χ1n) is 14.5. The quantitative estimate of drug-likeness (QED) is 0.244. The Kier molecular flexibility index (Phi) is 7.74. The van der Waals surface area contributed by atoms with Crippen LogP contribution in [0.4, 0.5) is 13.2 Å². The number of halogens is 4. The molecule has 42 heavy (non-hydrogen) atoms. The van der Waals surface area contributed by atoms with Gasteiger partial charge in [-0.2, -0.15) is 13.2 Å². The Balaban J connectivity index is 1.06. The van der Waals surface area contributed by atoms with Crippen LogP contribution < -0.4 is 0 Å². The third-order valence-corrected chi connectivity index (χ3v) is 9.58. The van der Waals surface area contributed by atoms with E-state index in [0.29, 0.717) is 48.1 Å². The average Bonchev–Trinajstić information content (AvgIpc) is 3.57. The summed E-state index contributed by atoms with van der Waals surface area (Å²) in [7, 11) is 0. The fourth-order valence-electron chi connectivity index (χ4n) is 6.91. The van der Waals surface area contributed by atoms with Gasteiger partial charge in [0.05, 0.1) is 39.5 Å². The lowest BCUT2D eigenvalue weighted by Crippen LogP contribution is -2.44. The molecule has 0 saturated heterocycles. The molecule has 0 bridgehead atoms. The standard InChI is InChI=1S/C30H36ClF3N6O2/c1-15(2)39(13-19-9-25(28(42)27(19)41)40-5-4-20-16(3)35-14-36-29(20)40)12-18-6-17(7-18)8-26-37-23-10-21(30(32,33)34)22(31)11-24(23)38-26/h4-5,10-11,14-15,17-19,25,27-28,41-42H,6-9,12-13H2,1-3H3,(H,37,38)/t17?,18?,19-,25-,27-,28+/m1/s1. The van der Waals surface area contributed by atoms with E-state index < -0.39 is 23.9 Å². The fourth-order valence-corrected chi connectivity index (χ4v) is 7.18. The third-order valence-electron chi connectivity index (χ3n) is 9.27. The molecule has 4 atom stereocenters. The average molecular weight is 605 g/mol. The lowest BCUT2D eigenvalue weighted by Gasteiger charge is -2.40. The van der Waals surface area contributed by atoms with Gasteiger partial charge in [-0.15, -0.1) is 0 Å². The number of imidazole rings is 1. The number of benzene rings is 1. The molecule has 3 aromatic heterocycles. The first-order chi connectivity index (χ1) is 19.9. The summed E-state index contributed by atoms with van der Waals surface area (Å²) in [5, 5.41) is 22.6. The van der Waals surface area contributed by atoms with Crippen LogP contribution >= 0.6 is 11.6 Å². The van der Waals surface area contributed by atoms with E-state index in [1.807, 2.05) is 23.8 Å². The molecule has 3 heterocycles. The number of nitrogens with zero attached hydrogens (tertiary/aromatic N) is 5. The molecular weight excluding hydrogens is 569 g/mol. The summed E-state index contributed by atoms with van der Waals surface area (Å²) in [6.07, 6.45) is 0.562. The number of aliphatic hydroxyl groups is 2. The van der Waals surface area contributed by atoms with Gasteiger partial charge >= 0.3 is 6.18 Å². The van der Waals surface area contributed by atoms with Crippen LogP contribution in [0.15, 0.2) is 30.7 Å². The second kappa shape index (κ2) is 11.1. The van der Waals surface area contributed by atoms with Crippen molar-refractivity contribution in [1.29, 1.82) is 0 Å². The smallest absolute Gasteiger partial charge is 0.390 e. The van der Waals surface area contributed by atoms with Crippen molar-refractivity contribution in [3.8, 4) is 0 Å². The maximum Gasteiger partial charge on any atom is 0.417 e. The van der Waals surface area contributed by atoms with Gasteiger partial charge in [-0.3, -0.25) is 0 Å². The van der Waals surface area contributed by atoms with Crippen LogP contribution in [0.1, 0.15) is 56.2 Å². The van der Waals surface area contributed by atoms with Crippen LogP contribution in [-0.2, 0) is 12.6 Å². The molecule has 226 valence electrons. The van der Waals surface area contributed by atoms with Gasteiger partial charge in [0.25, 0.3) is 0 Å². The Morgan fingerprint density at radius 2 is 1.86 bits per heavy atom. The largest absolute Gasteiger partial charge is 0.417 e. The summed E-state index contributed by atoms with van der Waals surface area (Å²) >= 11 is 5.86. The second-order valence-electron chi connectivity index (χ2n) is 12.4. The summed E-state index contributed by atoms with van der Waals surface area (Å²) in [6, 6.07) is 4.29. The lowest BCUT2D eigenvalue weighted by atomic mass is 9.72. The maximum atomic E-state index is 13.2. The van der Waals surface area contributed by atoms with Crippen molar-refractivity contribution in [1.82, 2.24) is 29.4 Å². The molecule has 0 spiro atoms. The Morgan fingerprint density at radius 1 is 1.10 bits per heavy atom. The number of aryl methyl sites for hydroxylation is 1. The third kappa shape index (κ3) is 5.52. The predicted molar refractivity (Wildman–Crippen MR) is 154 cm³/mol.